The van der Waals surface area contributed by atoms with Crippen LogP contribution >= 0.6 is 0 Å². The first-order valence-electron chi connectivity index (χ1n) is 6.34. The Morgan fingerprint density at radius 3 is 2.90 bits per heavy atom. The summed E-state index contributed by atoms with van der Waals surface area (Å²) in [6.07, 6.45) is 2.50. The zero-order chi connectivity index (χ0) is 14.7. The lowest BCUT2D eigenvalue weighted by molar-refractivity contribution is 0.0518. The van der Waals surface area contributed by atoms with Crippen molar-refractivity contribution in [3.8, 4) is 6.07 Å². The molecule has 0 aliphatic heterocycles. The van der Waals surface area contributed by atoms with Crippen molar-refractivity contribution in [1.29, 1.82) is 5.26 Å². The third-order valence-electron chi connectivity index (χ3n) is 2.84. The minimum atomic E-state index is -0.638. The zero-order valence-electron chi connectivity index (χ0n) is 11.3. The number of aromatic amines is 1. The maximum absolute atomic E-state index is 12.4. The zero-order valence-corrected chi connectivity index (χ0v) is 11.3. The monoisotopic (exact) mass is 274 g/mol. The van der Waals surface area contributed by atoms with E-state index in [4.69, 9.17) is 10.00 Å². The van der Waals surface area contributed by atoms with Gasteiger partial charge in [-0.15, -0.1) is 0 Å². The number of aromatic nitrogens is 3. The molecule has 0 spiro atoms. The second-order valence-corrected chi connectivity index (χ2v) is 4.17. The standard InChI is InChI=1S/C13H14N4O3/c1-3-5-9-10(13(19)20-4-2)16-11-8(6-14)7-15-17(11)12(9)18/h7,15H,3-5H2,1-2H3. The van der Waals surface area contributed by atoms with Crippen LogP contribution in [0, 0.1) is 11.3 Å². The normalized spacial score (nSPS) is 10.4. The van der Waals surface area contributed by atoms with Crippen LogP contribution in [0.15, 0.2) is 11.0 Å². The molecule has 2 aromatic rings. The van der Waals surface area contributed by atoms with E-state index in [-0.39, 0.29) is 29.1 Å². The highest BCUT2D eigenvalue weighted by Crippen LogP contribution is 2.11. The Morgan fingerprint density at radius 2 is 2.30 bits per heavy atom. The van der Waals surface area contributed by atoms with Crippen LogP contribution in [-0.4, -0.2) is 27.2 Å². The summed E-state index contributed by atoms with van der Waals surface area (Å²) in [5.41, 5.74) is 0.266. The molecule has 0 aromatic carbocycles. The fourth-order valence-corrected chi connectivity index (χ4v) is 1.98. The quantitative estimate of drug-likeness (QED) is 0.839. The van der Waals surface area contributed by atoms with Crippen LogP contribution in [-0.2, 0) is 11.2 Å². The van der Waals surface area contributed by atoms with Gasteiger partial charge in [-0.05, 0) is 13.3 Å². The second-order valence-electron chi connectivity index (χ2n) is 4.17. The van der Waals surface area contributed by atoms with Gasteiger partial charge in [0.15, 0.2) is 11.3 Å². The molecular formula is C13H14N4O3. The highest BCUT2D eigenvalue weighted by Gasteiger charge is 2.21. The molecule has 0 amide bonds. The van der Waals surface area contributed by atoms with Gasteiger partial charge in [0.25, 0.3) is 5.56 Å². The fraction of sp³-hybridized carbons (Fsp3) is 0.385. The molecule has 0 atom stereocenters. The lowest BCUT2D eigenvalue weighted by atomic mass is 10.1. The van der Waals surface area contributed by atoms with Gasteiger partial charge in [0.1, 0.15) is 11.6 Å². The Morgan fingerprint density at radius 1 is 1.55 bits per heavy atom. The van der Waals surface area contributed by atoms with Crippen molar-refractivity contribution in [2.24, 2.45) is 0 Å². The average Bonchev–Trinajstić information content (AvgIpc) is 2.85. The third-order valence-corrected chi connectivity index (χ3v) is 2.84. The summed E-state index contributed by atoms with van der Waals surface area (Å²) in [6, 6.07) is 1.92. The molecule has 0 radical (unpaired) electrons. The van der Waals surface area contributed by atoms with Crippen LogP contribution in [0.2, 0.25) is 0 Å². The molecule has 0 saturated heterocycles. The number of hydrogen-bond acceptors (Lipinski definition) is 5. The van der Waals surface area contributed by atoms with E-state index in [0.29, 0.717) is 18.4 Å². The molecule has 2 aromatic heterocycles. The minimum Gasteiger partial charge on any atom is -0.461 e. The molecule has 0 aliphatic carbocycles. The van der Waals surface area contributed by atoms with E-state index in [0.717, 1.165) is 0 Å². The van der Waals surface area contributed by atoms with Crippen molar-refractivity contribution in [2.45, 2.75) is 26.7 Å². The molecule has 20 heavy (non-hydrogen) atoms. The van der Waals surface area contributed by atoms with E-state index in [2.05, 4.69) is 10.1 Å². The molecule has 0 unspecified atom stereocenters. The van der Waals surface area contributed by atoms with Gasteiger partial charge in [0.2, 0.25) is 0 Å². The number of hydrogen-bond donors (Lipinski definition) is 1. The van der Waals surface area contributed by atoms with Gasteiger partial charge in [-0.2, -0.15) is 5.26 Å². The molecule has 0 saturated carbocycles. The Hall–Kier alpha value is -2.62. The molecule has 0 fully saturated rings. The number of ether oxygens (including phenoxy) is 1. The van der Waals surface area contributed by atoms with Crippen LogP contribution in [0.25, 0.3) is 5.65 Å². The minimum absolute atomic E-state index is 0.00481. The van der Waals surface area contributed by atoms with E-state index < -0.39 is 5.97 Å². The van der Waals surface area contributed by atoms with Crippen LogP contribution < -0.4 is 5.56 Å². The van der Waals surface area contributed by atoms with Crippen molar-refractivity contribution in [1.82, 2.24) is 14.6 Å². The molecule has 1 N–H and O–H groups in total. The lowest BCUT2D eigenvalue weighted by Crippen LogP contribution is -2.25. The highest BCUT2D eigenvalue weighted by molar-refractivity contribution is 5.89. The fourth-order valence-electron chi connectivity index (χ4n) is 1.98. The van der Waals surface area contributed by atoms with Gasteiger partial charge in [0, 0.05) is 6.20 Å². The van der Waals surface area contributed by atoms with Crippen LogP contribution in [0.5, 0.6) is 0 Å². The first-order chi connectivity index (χ1) is 9.63. The maximum atomic E-state index is 12.4. The predicted molar refractivity (Wildman–Crippen MR) is 70.5 cm³/mol. The number of carbonyl (C=O) groups excluding carboxylic acids is 1. The van der Waals surface area contributed by atoms with Gasteiger partial charge in [-0.3, -0.25) is 9.89 Å². The summed E-state index contributed by atoms with van der Waals surface area (Å²) in [6.45, 7) is 3.78. The van der Waals surface area contributed by atoms with Crippen molar-refractivity contribution < 1.29 is 9.53 Å². The summed E-state index contributed by atoms with van der Waals surface area (Å²) in [5.74, 6) is -0.638. The summed E-state index contributed by atoms with van der Waals surface area (Å²) < 4.78 is 6.10. The number of H-pyrrole nitrogens is 1. The van der Waals surface area contributed by atoms with Crippen molar-refractivity contribution in [3.63, 3.8) is 0 Å². The maximum Gasteiger partial charge on any atom is 0.357 e. The molecule has 104 valence electrons. The molecule has 7 heteroatoms. The first kappa shape index (κ1) is 13.8. The summed E-state index contributed by atoms with van der Waals surface area (Å²) in [7, 11) is 0. The van der Waals surface area contributed by atoms with Crippen molar-refractivity contribution >= 4 is 11.6 Å². The van der Waals surface area contributed by atoms with Gasteiger partial charge >= 0.3 is 5.97 Å². The summed E-state index contributed by atoms with van der Waals surface area (Å²) in [5, 5.41) is 11.7. The summed E-state index contributed by atoms with van der Waals surface area (Å²) in [4.78, 5) is 28.4. The number of nitrogens with zero attached hydrogens (tertiary/aromatic N) is 3. The average molecular weight is 274 g/mol. The Balaban J connectivity index is 2.76. The SMILES string of the molecule is CCCc1c(C(=O)OCC)nc2c(C#N)c[nH]n2c1=O. The molecular weight excluding hydrogens is 260 g/mol. The largest absolute Gasteiger partial charge is 0.461 e. The van der Waals surface area contributed by atoms with Crippen molar-refractivity contribution in [3.05, 3.63) is 33.4 Å². The van der Waals surface area contributed by atoms with Crippen molar-refractivity contribution in [2.75, 3.05) is 6.61 Å². The number of esters is 1. The number of fused-ring (bicyclic) bond motifs is 1. The molecule has 0 bridgehead atoms. The molecule has 7 nitrogen and oxygen atoms in total. The Labute approximate surface area is 114 Å². The van der Waals surface area contributed by atoms with E-state index in [1.165, 1.54) is 10.7 Å². The van der Waals surface area contributed by atoms with E-state index in [1.807, 2.05) is 13.0 Å². The Kier molecular flexibility index (Phi) is 3.84. The van der Waals surface area contributed by atoms with E-state index in [9.17, 15) is 9.59 Å². The molecule has 0 aliphatic rings. The number of rotatable bonds is 4. The Bertz CT molecular complexity index is 751. The van der Waals surface area contributed by atoms with Gasteiger partial charge in [0.05, 0.1) is 12.2 Å². The highest BCUT2D eigenvalue weighted by atomic mass is 16.5. The number of nitrogens with one attached hydrogen (secondary N) is 1. The van der Waals surface area contributed by atoms with Crippen LogP contribution in [0.1, 0.15) is 41.9 Å². The van der Waals surface area contributed by atoms with Gasteiger partial charge < -0.3 is 4.74 Å². The van der Waals surface area contributed by atoms with Gasteiger partial charge in [-0.1, -0.05) is 13.3 Å². The summed E-state index contributed by atoms with van der Waals surface area (Å²) >= 11 is 0. The number of nitriles is 1. The topological polar surface area (TPSA) is 100 Å². The second kappa shape index (κ2) is 5.57. The lowest BCUT2D eigenvalue weighted by Gasteiger charge is -2.07. The van der Waals surface area contributed by atoms with Gasteiger partial charge in [-0.25, -0.2) is 14.3 Å². The molecule has 2 heterocycles. The van der Waals surface area contributed by atoms with E-state index in [1.54, 1.807) is 6.92 Å². The molecule has 2 rings (SSSR count). The predicted octanol–water partition coefficient (Wildman–Crippen LogP) is 1.02. The number of carbonyl (C=O) groups is 1. The first-order valence-corrected chi connectivity index (χ1v) is 6.34. The van der Waals surface area contributed by atoms with E-state index >= 15 is 0 Å². The third kappa shape index (κ3) is 2.16. The van der Waals surface area contributed by atoms with Crippen LogP contribution in [0.4, 0.5) is 0 Å². The van der Waals surface area contributed by atoms with Crippen LogP contribution in [0.3, 0.4) is 0 Å². The smallest absolute Gasteiger partial charge is 0.357 e.